The number of nitrogens with zero attached hydrogens (tertiary/aromatic N) is 1. The van der Waals surface area contributed by atoms with Gasteiger partial charge in [-0.2, -0.15) is 0 Å². The van der Waals surface area contributed by atoms with Crippen LogP contribution in [0, 0.1) is 13.8 Å². The summed E-state index contributed by atoms with van der Waals surface area (Å²) in [5.41, 5.74) is 4.13. The number of hydrogen-bond acceptors (Lipinski definition) is 2. The van der Waals surface area contributed by atoms with Crippen LogP contribution in [-0.4, -0.2) is 22.2 Å². The predicted molar refractivity (Wildman–Crippen MR) is 98.0 cm³/mol. The third-order valence-corrected chi connectivity index (χ3v) is 4.60. The van der Waals surface area contributed by atoms with E-state index < -0.39 is 5.97 Å². The van der Waals surface area contributed by atoms with Crippen molar-refractivity contribution in [3.63, 3.8) is 0 Å². The summed E-state index contributed by atoms with van der Waals surface area (Å²) in [5, 5.41) is 13.7. The number of hydrogen-bond donors (Lipinski definition) is 2. The molecule has 0 atom stereocenters. The normalized spacial score (nSPS) is 11.0. The van der Waals surface area contributed by atoms with Crippen LogP contribution in [0.2, 0.25) is 5.02 Å². The van der Waals surface area contributed by atoms with Crippen LogP contribution < -0.4 is 5.32 Å². The van der Waals surface area contributed by atoms with Gasteiger partial charge in [-0.25, -0.2) is 4.79 Å². The van der Waals surface area contributed by atoms with Gasteiger partial charge in [-0.05, 0) is 44.5 Å². The topological polar surface area (TPSA) is 54.3 Å². The number of carboxylic acids is 1. The summed E-state index contributed by atoms with van der Waals surface area (Å²) < 4.78 is 2.06. The molecule has 130 valence electrons. The van der Waals surface area contributed by atoms with Crippen molar-refractivity contribution in [1.29, 1.82) is 0 Å². The van der Waals surface area contributed by atoms with Gasteiger partial charge in [0.2, 0.25) is 0 Å². The summed E-state index contributed by atoms with van der Waals surface area (Å²) >= 11 is 6.06. The Bertz CT molecular complexity index is 722. The van der Waals surface area contributed by atoms with Gasteiger partial charge in [-0.1, -0.05) is 37.1 Å². The lowest BCUT2D eigenvalue weighted by atomic mass is 10.1. The van der Waals surface area contributed by atoms with Crippen LogP contribution in [0.1, 0.15) is 52.6 Å². The molecule has 0 fully saturated rings. The summed E-state index contributed by atoms with van der Waals surface area (Å²) in [6, 6.07) is 7.67. The molecule has 24 heavy (non-hydrogen) atoms. The first-order valence-electron chi connectivity index (χ1n) is 8.32. The molecule has 4 nitrogen and oxygen atoms in total. The van der Waals surface area contributed by atoms with Gasteiger partial charge in [0.05, 0.1) is 5.56 Å². The molecule has 2 aromatic rings. The predicted octanol–water partition coefficient (Wildman–Crippen LogP) is 4.39. The lowest BCUT2D eigenvalue weighted by molar-refractivity contribution is 0.0694. The van der Waals surface area contributed by atoms with Gasteiger partial charge >= 0.3 is 5.97 Å². The molecule has 1 aromatic carbocycles. The first-order valence-corrected chi connectivity index (χ1v) is 8.70. The highest BCUT2D eigenvalue weighted by atomic mass is 35.5. The first-order chi connectivity index (χ1) is 11.5. The Balaban J connectivity index is 2.32. The quantitative estimate of drug-likeness (QED) is 0.695. The molecule has 0 saturated heterocycles. The second kappa shape index (κ2) is 8.36. The second-order valence-electron chi connectivity index (χ2n) is 6.08. The van der Waals surface area contributed by atoms with Gasteiger partial charge in [0.1, 0.15) is 0 Å². The van der Waals surface area contributed by atoms with Crippen molar-refractivity contribution in [3.8, 4) is 0 Å². The maximum absolute atomic E-state index is 11.7. The molecule has 2 rings (SSSR count). The van der Waals surface area contributed by atoms with E-state index >= 15 is 0 Å². The minimum atomic E-state index is -0.868. The van der Waals surface area contributed by atoms with Crippen molar-refractivity contribution in [3.05, 3.63) is 57.4 Å². The molecule has 0 aliphatic rings. The largest absolute Gasteiger partial charge is 0.478 e. The van der Waals surface area contributed by atoms with Crippen molar-refractivity contribution in [2.24, 2.45) is 0 Å². The number of unbranched alkanes of at least 4 members (excludes halogenated alkanes) is 1. The SMILES string of the molecule is CCCCNCc1c(C(=O)O)c(C)n(Cc2cccc(Cl)c2)c1C. The van der Waals surface area contributed by atoms with E-state index in [-0.39, 0.29) is 0 Å². The number of halogens is 1. The Morgan fingerprint density at radius 2 is 2.04 bits per heavy atom. The van der Waals surface area contributed by atoms with E-state index in [9.17, 15) is 9.90 Å². The summed E-state index contributed by atoms with van der Waals surface area (Å²) in [6.07, 6.45) is 2.20. The van der Waals surface area contributed by atoms with Crippen LogP contribution in [0.3, 0.4) is 0 Å². The third-order valence-electron chi connectivity index (χ3n) is 4.36. The Morgan fingerprint density at radius 1 is 1.29 bits per heavy atom. The summed E-state index contributed by atoms with van der Waals surface area (Å²) in [7, 11) is 0. The van der Waals surface area contributed by atoms with E-state index in [2.05, 4.69) is 16.8 Å². The minimum Gasteiger partial charge on any atom is -0.478 e. The molecular weight excluding hydrogens is 324 g/mol. The molecule has 0 unspecified atom stereocenters. The van der Waals surface area contributed by atoms with Crippen molar-refractivity contribution in [1.82, 2.24) is 9.88 Å². The second-order valence-corrected chi connectivity index (χ2v) is 6.51. The van der Waals surface area contributed by atoms with Crippen molar-refractivity contribution < 1.29 is 9.90 Å². The first kappa shape index (κ1) is 18.6. The molecule has 0 amide bonds. The zero-order valence-electron chi connectivity index (χ0n) is 14.5. The summed E-state index contributed by atoms with van der Waals surface area (Å²) in [4.78, 5) is 11.7. The average molecular weight is 349 g/mol. The molecule has 2 N–H and O–H groups in total. The highest BCUT2D eigenvalue weighted by molar-refractivity contribution is 6.30. The van der Waals surface area contributed by atoms with E-state index in [4.69, 9.17) is 11.6 Å². The van der Waals surface area contributed by atoms with E-state index in [0.29, 0.717) is 23.7 Å². The summed E-state index contributed by atoms with van der Waals surface area (Å²) in [6.45, 7) is 8.09. The minimum absolute atomic E-state index is 0.415. The van der Waals surface area contributed by atoms with E-state index in [1.165, 1.54) is 0 Å². The fraction of sp³-hybridized carbons (Fsp3) is 0.421. The van der Waals surface area contributed by atoms with E-state index in [1.54, 1.807) is 0 Å². The molecule has 0 aliphatic carbocycles. The highest BCUT2D eigenvalue weighted by Gasteiger charge is 2.22. The molecule has 0 radical (unpaired) electrons. The lowest BCUT2D eigenvalue weighted by Gasteiger charge is -2.10. The standard InChI is InChI=1S/C19H25ClN2O2/c1-4-5-9-21-11-17-13(2)22(14(3)18(17)19(23)24)12-15-7-6-8-16(20)10-15/h6-8,10,21H,4-5,9,11-12H2,1-3H3,(H,23,24). The molecular formula is C19H25ClN2O2. The Hall–Kier alpha value is -1.78. The number of benzene rings is 1. The van der Waals surface area contributed by atoms with Gasteiger partial charge in [0, 0.05) is 35.1 Å². The molecule has 1 aromatic heterocycles. The van der Waals surface area contributed by atoms with Gasteiger partial charge in [-0.15, -0.1) is 0 Å². The number of nitrogens with one attached hydrogen (secondary N) is 1. The molecule has 1 heterocycles. The van der Waals surface area contributed by atoms with Crippen LogP contribution in [0.15, 0.2) is 24.3 Å². The van der Waals surface area contributed by atoms with Crippen LogP contribution in [0.5, 0.6) is 0 Å². The highest BCUT2D eigenvalue weighted by Crippen LogP contribution is 2.24. The molecule has 0 bridgehead atoms. The fourth-order valence-electron chi connectivity index (χ4n) is 3.02. The number of carbonyl (C=O) groups is 1. The number of rotatable bonds is 8. The van der Waals surface area contributed by atoms with Crippen LogP contribution in [0.4, 0.5) is 0 Å². The Labute approximate surface area is 148 Å². The Kier molecular flexibility index (Phi) is 6.46. The van der Waals surface area contributed by atoms with Gasteiger partial charge in [-0.3, -0.25) is 0 Å². The van der Waals surface area contributed by atoms with Crippen molar-refractivity contribution >= 4 is 17.6 Å². The summed E-state index contributed by atoms with van der Waals surface area (Å²) in [5.74, 6) is -0.868. The average Bonchev–Trinajstić information content (AvgIpc) is 2.76. The molecule has 0 saturated carbocycles. The Morgan fingerprint density at radius 3 is 2.67 bits per heavy atom. The number of aromatic nitrogens is 1. The van der Waals surface area contributed by atoms with E-state index in [1.807, 2.05) is 38.1 Å². The van der Waals surface area contributed by atoms with Crippen LogP contribution in [0.25, 0.3) is 0 Å². The van der Waals surface area contributed by atoms with Crippen LogP contribution in [-0.2, 0) is 13.1 Å². The monoisotopic (exact) mass is 348 g/mol. The number of aromatic carboxylic acids is 1. The molecule has 0 aliphatic heterocycles. The smallest absolute Gasteiger partial charge is 0.337 e. The van der Waals surface area contributed by atoms with Crippen LogP contribution >= 0.6 is 11.6 Å². The molecule has 0 spiro atoms. The van der Waals surface area contributed by atoms with Crippen molar-refractivity contribution in [2.45, 2.75) is 46.7 Å². The van der Waals surface area contributed by atoms with Gasteiger partial charge < -0.3 is 15.0 Å². The third kappa shape index (κ3) is 4.19. The van der Waals surface area contributed by atoms with Gasteiger partial charge in [0.15, 0.2) is 0 Å². The zero-order valence-corrected chi connectivity index (χ0v) is 15.3. The van der Waals surface area contributed by atoms with Crippen molar-refractivity contribution in [2.75, 3.05) is 6.54 Å². The maximum Gasteiger partial charge on any atom is 0.337 e. The fourth-order valence-corrected chi connectivity index (χ4v) is 3.23. The number of carboxylic acid groups (broad SMARTS) is 1. The van der Waals surface area contributed by atoms with E-state index in [0.717, 1.165) is 41.9 Å². The zero-order chi connectivity index (χ0) is 17.7. The lowest BCUT2D eigenvalue weighted by Crippen LogP contribution is -2.17. The van der Waals surface area contributed by atoms with Gasteiger partial charge in [0.25, 0.3) is 0 Å². The maximum atomic E-state index is 11.7. The molecule has 5 heteroatoms.